The average molecular weight is 307 g/mol. The van der Waals surface area contributed by atoms with Gasteiger partial charge in [-0.3, -0.25) is 9.36 Å². The van der Waals surface area contributed by atoms with Crippen LogP contribution in [0.15, 0.2) is 12.4 Å². The molecule has 0 bridgehead atoms. The van der Waals surface area contributed by atoms with Crippen LogP contribution in [-0.4, -0.2) is 29.1 Å². The van der Waals surface area contributed by atoms with Crippen LogP contribution in [0.3, 0.4) is 0 Å². The number of hydrogen-bond acceptors (Lipinski definition) is 3. The molecule has 0 aliphatic rings. The molecular weight excluding hydrogens is 288 g/mol. The Bertz CT molecular complexity index is 779. The number of nitrogens with zero attached hydrogens (tertiary/aromatic N) is 6. The molecule has 7 heteroatoms. The number of aryl methyl sites for hydroxylation is 5. The Labute approximate surface area is 128 Å². The summed E-state index contributed by atoms with van der Waals surface area (Å²) in [6, 6.07) is 0. The molecule has 0 aliphatic carbocycles. The molecule has 0 N–H and O–H groups in total. The number of aromatic nitrogens is 6. The maximum absolute atomic E-state index is 6.29. The van der Waals surface area contributed by atoms with Crippen molar-refractivity contribution in [1.82, 2.24) is 29.1 Å². The first-order valence-corrected chi connectivity index (χ1v) is 7.44. The van der Waals surface area contributed by atoms with E-state index in [-0.39, 0.29) is 5.38 Å². The third kappa shape index (κ3) is 2.44. The molecule has 21 heavy (non-hydrogen) atoms. The molecule has 0 radical (unpaired) electrons. The fourth-order valence-corrected chi connectivity index (χ4v) is 2.83. The highest BCUT2D eigenvalue weighted by Crippen LogP contribution is 2.26. The molecule has 3 heterocycles. The van der Waals surface area contributed by atoms with Gasteiger partial charge < -0.3 is 4.57 Å². The molecule has 6 nitrogen and oxygen atoms in total. The minimum atomic E-state index is -0.142. The summed E-state index contributed by atoms with van der Waals surface area (Å²) in [5, 5.41) is 8.62. The monoisotopic (exact) mass is 306 g/mol. The van der Waals surface area contributed by atoms with E-state index in [1.54, 1.807) is 0 Å². The van der Waals surface area contributed by atoms with Gasteiger partial charge in [0.05, 0.1) is 23.8 Å². The molecule has 0 aromatic carbocycles. The van der Waals surface area contributed by atoms with E-state index < -0.39 is 0 Å². The molecule has 0 spiro atoms. The minimum absolute atomic E-state index is 0.142. The molecule has 0 saturated carbocycles. The predicted octanol–water partition coefficient (Wildman–Crippen LogP) is 2.58. The second-order valence-corrected chi connectivity index (χ2v) is 6.05. The van der Waals surface area contributed by atoms with Crippen molar-refractivity contribution in [3.8, 4) is 0 Å². The summed E-state index contributed by atoms with van der Waals surface area (Å²) in [4.78, 5) is 4.67. The molecule has 0 saturated heterocycles. The lowest BCUT2D eigenvalue weighted by Crippen LogP contribution is -2.13. The van der Waals surface area contributed by atoms with Gasteiger partial charge in [0, 0.05) is 19.8 Å². The van der Waals surface area contributed by atoms with Crippen molar-refractivity contribution in [2.24, 2.45) is 7.05 Å². The summed E-state index contributed by atoms with van der Waals surface area (Å²) < 4.78 is 5.95. The lowest BCUT2D eigenvalue weighted by Gasteiger charge is -2.11. The van der Waals surface area contributed by atoms with Crippen LogP contribution in [0.1, 0.15) is 29.4 Å². The lowest BCUT2D eigenvalue weighted by molar-refractivity contribution is 0.520. The largest absolute Gasteiger partial charge is 0.310 e. The molecule has 0 amide bonds. The maximum atomic E-state index is 6.29. The summed E-state index contributed by atoms with van der Waals surface area (Å²) in [7, 11) is 1.94. The summed E-state index contributed by atoms with van der Waals surface area (Å²) >= 11 is 6.29. The second kappa shape index (κ2) is 5.18. The van der Waals surface area contributed by atoms with Crippen LogP contribution in [0.2, 0.25) is 0 Å². The number of hydrogen-bond donors (Lipinski definition) is 0. The van der Waals surface area contributed by atoms with Crippen LogP contribution < -0.4 is 0 Å². The number of alkyl halides is 1. The summed E-state index contributed by atoms with van der Waals surface area (Å²) in [5.41, 5.74) is 4.03. The van der Waals surface area contributed by atoms with E-state index in [4.69, 9.17) is 11.6 Å². The van der Waals surface area contributed by atoms with Crippen molar-refractivity contribution in [3.63, 3.8) is 0 Å². The quantitative estimate of drug-likeness (QED) is 0.696. The maximum Gasteiger partial charge on any atom is 0.158 e. The molecule has 112 valence electrons. The highest BCUT2D eigenvalue weighted by molar-refractivity contribution is 6.20. The molecule has 3 aromatic rings. The molecule has 0 fully saturated rings. The third-order valence-electron chi connectivity index (χ3n) is 3.59. The number of imidazole rings is 1. The molecule has 3 aromatic heterocycles. The zero-order valence-electron chi connectivity index (χ0n) is 12.7. The van der Waals surface area contributed by atoms with Gasteiger partial charge in [0.2, 0.25) is 0 Å². The molecule has 3 rings (SSSR count). The van der Waals surface area contributed by atoms with E-state index in [0.717, 1.165) is 41.3 Å². The van der Waals surface area contributed by atoms with Crippen LogP contribution in [-0.2, 0) is 20.1 Å². The van der Waals surface area contributed by atoms with Crippen molar-refractivity contribution in [1.29, 1.82) is 0 Å². The fourth-order valence-electron chi connectivity index (χ4n) is 2.67. The topological polar surface area (TPSA) is 53.5 Å². The van der Waals surface area contributed by atoms with Gasteiger partial charge in [-0.2, -0.15) is 10.2 Å². The van der Waals surface area contributed by atoms with Crippen LogP contribution >= 0.6 is 11.6 Å². The van der Waals surface area contributed by atoms with Crippen molar-refractivity contribution >= 4 is 22.8 Å². The third-order valence-corrected chi connectivity index (χ3v) is 3.79. The minimum Gasteiger partial charge on any atom is -0.310 e. The average Bonchev–Trinajstić information content (AvgIpc) is 3.05. The zero-order valence-corrected chi connectivity index (χ0v) is 13.5. The van der Waals surface area contributed by atoms with Crippen LogP contribution in [0, 0.1) is 13.8 Å². The van der Waals surface area contributed by atoms with Crippen LogP contribution in [0.5, 0.6) is 0 Å². The SMILES string of the molecule is Cc1cnn(CCn2c(C(C)Cl)nc3c(C)nn(C)c32)c1. The summed E-state index contributed by atoms with van der Waals surface area (Å²) in [6.07, 6.45) is 3.90. The van der Waals surface area contributed by atoms with E-state index in [9.17, 15) is 0 Å². The Morgan fingerprint density at radius 2 is 2.05 bits per heavy atom. The smallest absolute Gasteiger partial charge is 0.158 e. The van der Waals surface area contributed by atoms with Gasteiger partial charge in [0.15, 0.2) is 5.65 Å². The Hall–Kier alpha value is -1.82. The second-order valence-electron chi connectivity index (χ2n) is 5.40. The number of fused-ring (bicyclic) bond motifs is 1. The molecular formula is C14H19ClN6. The van der Waals surface area contributed by atoms with E-state index in [2.05, 4.69) is 19.7 Å². The van der Waals surface area contributed by atoms with Crippen molar-refractivity contribution < 1.29 is 0 Å². The zero-order chi connectivity index (χ0) is 15.1. The van der Waals surface area contributed by atoms with Crippen molar-refractivity contribution in [2.45, 2.75) is 39.2 Å². The summed E-state index contributed by atoms with van der Waals surface area (Å²) in [5.74, 6) is 0.881. The Kier molecular flexibility index (Phi) is 3.49. The first kappa shape index (κ1) is 14.1. The Morgan fingerprint density at radius 3 is 2.67 bits per heavy atom. The van der Waals surface area contributed by atoms with Gasteiger partial charge in [-0.1, -0.05) is 0 Å². The van der Waals surface area contributed by atoms with Gasteiger partial charge in [-0.05, 0) is 26.3 Å². The molecule has 0 aliphatic heterocycles. The number of rotatable bonds is 4. The predicted molar refractivity (Wildman–Crippen MR) is 82.5 cm³/mol. The highest BCUT2D eigenvalue weighted by Gasteiger charge is 2.19. The fraction of sp³-hybridized carbons (Fsp3) is 0.500. The van der Waals surface area contributed by atoms with E-state index >= 15 is 0 Å². The first-order chi connectivity index (χ1) is 9.97. The molecule has 1 unspecified atom stereocenters. The first-order valence-electron chi connectivity index (χ1n) is 7.00. The van der Waals surface area contributed by atoms with Crippen LogP contribution in [0.4, 0.5) is 0 Å². The number of halogens is 1. The van der Waals surface area contributed by atoms with Gasteiger partial charge in [0.1, 0.15) is 11.3 Å². The van der Waals surface area contributed by atoms with Crippen molar-refractivity contribution in [3.05, 3.63) is 29.5 Å². The highest BCUT2D eigenvalue weighted by atomic mass is 35.5. The van der Waals surface area contributed by atoms with E-state index in [1.807, 2.05) is 49.6 Å². The standard InChI is InChI=1S/C14H19ClN6/c1-9-7-16-20(8-9)5-6-21-13(10(2)15)17-12-11(3)18-19(4)14(12)21/h7-8,10H,5-6H2,1-4H3. The van der Waals surface area contributed by atoms with Crippen LogP contribution in [0.25, 0.3) is 11.2 Å². The van der Waals surface area contributed by atoms with Gasteiger partial charge in [-0.25, -0.2) is 4.98 Å². The normalized spacial score (nSPS) is 13.2. The summed E-state index contributed by atoms with van der Waals surface area (Å²) in [6.45, 7) is 7.50. The van der Waals surface area contributed by atoms with Gasteiger partial charge in [0.25, 0.3) is 0 Å². The van der Waals surface area contributed by atoms with Gasteiger partial charge in [-0.15, -0.1) is 11.6 Å². The van der Waals surface area contributed by atoms with E-state index in [1.165, 1.54) is 0 Å². The van der Waals surface area contributed by atoms with Crippen molar-refractivity contribution in [2.75, 3.05) is 0 Å². The lowest BCUT2D eigenvalue weighted by atomic mass is 10.4. The molecule has 1 atom stereocenters. The Balaban J connectivity index is 2.00. The van der Waals surface area contributed by atoms with E-state index in [0.29, 0.717) is 0 Å². The Morgan fingerprint density at radius 1 is 1.29 bits per heavy atom. The van der Waals surface area contributed by atoms with Gasteiger partial charge >= 0.3 is 0 Å².